The molecule has 1 saturated carbocycles. The maximum Gasteiger partial charge on any atom is 0.244 e. The predicted octanol–water partition coefficient (Wildman–Crippen LogP) is 3.12. The normalized spacial score (nSPS) is 25.0. The third kappa shape index (κ3) is 4.47. The SMILES string of the molecule is Cc1cc(N2CC(S(=O)c3ccccc3Cl)CC2C(=O)NC2(C#N)CC2)n(C2CCOCC2)n1. The molecule has 3 heterocycles. The van der Waals surface area contributed by atoms with E-state index in [1.807, 2.05) is 34.7 Å². The van der Waals surface area contributed by atoms with E-state index in [0.717, 1.165) is 24.4 Å². The molecule has 2 aromatic rings. The molecule has 8 nitrogen and oxygen atoms in total. The maximum absolute atomic E-state index is 13.5. The van der Waals surface area contributed by atoms with Gasteiger partial charge < -0.3 is 15.0 Å². The van der Waals surface area contributed by atoms with Crippen LogP contribution in [-0.4, -0.2) is 56.5 Å². The Morgan fingerprint density at radius 3 is 2.74 bits per heavy atom. The summed E-state index contributed by atoms with van der Waals surface area (Å²) < 4.78 is 21.1. The van der Waals surface area contributed by atoms with Gasteiger partial charge in [0.15, 0.2) is 0 Å². The van der Waals surface area contributed by atoms with Crippen molar-refractivity contribution in [2.75, 3.05) is 24.7 Å². The number of benzene rings is 1. The number of rotatable bonds is 6. The lowest BCUT2D eigenvalue weighted by Crippen LogP contribution is -2.48. The molecule has 1 N–H and O–H groups in total. The van der Waals surface area contributed by atoms with Gasteiger partial charge in [-0.05, 0) is 51.2 Å². The molecule has 34 heavy (non-hydrogen) atoms. The lowest BCUT2D eigenvalue weighted by molar-refractivity contribution is -0.122. The predicted molar refractivity (Wildman–Crippen MR) is 129 cm³/mol. The molecule has 2 saturated heterocycles. The summed E-state index contributed by atoms with van der Waals surface area (Å²) in [5.74, 6) is 0.653. The minimum atomic E-state index is -1.38. The van der Waals surface area contributed by atoms with E-state index < -0.39 is 22.4 Å². The van der Waals surface area contributed by atoms with E-state index in [1.54, 1.807) is 12.1 Å². The highest BCUT2D eigenvalue weighted by Gasteiger charge is 2.49. The molecule has 1 aromatic carbocycles. The lowest BCUT2D eigenvalue weighted by Gasteiger charge is -2.30. The molecule has 0 spiro atoms. The number of nitrogens with one attached hydrogen (secondary N) is 1. The van der Waals surface area contributed by atoms with Crippen molar-refractivity contribution in [2.45, 2.75) is 66.8 Å². The van der Waals surface area contributed by atoms with Gasteiger partial charge in [0.2, 0.25) is 5.91 Å². The molecule has 1 amide bonds. The molecular weight excluding hydrogens is 474 g/mol. The van der Waals surface area contributed by atoms with Crippen LogP contribution in [-0.2, 0) is 20.3 Å². The fraction of sp³-hybridized carbons (Fsp3) is 0.542. The van der Waals surface area contributed by atoms with Gasteiger partial charge in [-0.2, -0.15) is 10.4 Å². The maximum atomic E-state index is 13.5. The highest BCUT2D eigenvalue weighted by atomic mass is 35.5. The second-order valence-corrected chi connectivity index (χ2v) is 11.5. The molecule has 180 valence electrons. The Balaban J connectivity index is 1.47. The highest BCUT2D eigenvalue weighted by molar-refractivity contribution is 7.85. The number of carbonyl (C=O) groups is 1. The van der Waals surface area contributed by atoms with E-state index >= 15 is 0 Å². The second kappa shape index (κ2) is 9.33. The summed E-state index contributed by atoms with van der Waals surface area (Å²) in [7, 11) is -1.38. The van der Waals surface area contributed by atoms with Crippen LogP contribution < -0.4 is 10.2 Å². The van der Waals surface area contributed by atoms with E-state index in [2.05, 4.69) is 11.4 Å². The molecule has 3 atom stereocenters. The van der Waals surface area contributed by atoms with Gasteiger partial charge in [-0.1, -0.05) is 23.7 Å². The lowest BCUT2D eigenvalue weighted by atomic mass is 10.1. The third-order valence-electron chi connectivity index (χ3n) is 6.92. The van der Waals surface area contributed by atoms with Crippen LogP contribution in [0.25, 0.3) is 0 Å². The number of aromatic nitrogens is 2. The molecule has 1 aromatic heterocycles. The number of carbonyl (C=O) groups excluding carboxylic acids is 1. The van der Waals surface area contributed by atoms with E-state index in [1.165, 1.54) is 0 Å². The molecule has 5 rings (SSSR count). The van der Waals surface area contributed by atoms with Gasteiger partial charge in [-0.15, -0.1) is 0 Å². The van der Waals surface area contributed by atoms with E-state index in [-0.39, 0.29) is 17.2 Å². The van der Waals surface area contributed by atoms with Crippen LogP contribution in [0.1, 0.15) is 43.8 Å². The molecule has 1 aliphatic carbocycles. The fourth-order valence-electron chi connectivity index (χ4n) is 4.87. The number of nitriles is 1. The van der Waals surface area contributed by atoms with Crippen molar-refractivity contribution >= 4 is 34.1 Å². The topological polar surface area (TPSA) is 100 Å². The van der Waals surface area contributed by atoms with Gasteiger partial charge in [-0.3, -0.25) is 9.00 Å². The van der Waals surface area contributed by atoms with Gasteiger partial charge in [0.25, 0.3) is 0 Å². The molecule has 3 fully saturated rings. The van der Waals surface area contributed by atoms with Gasteiger partial charge in [0, 0.05) is 25.8 Å². The number of amides is 1. The molecule has 0 bridgehead atoms. The first-order chi connectivity index (χ1) is 16.4. The van der Waals surface area contributed by atoms with Crippen LogP contribution >= 0.6 is 11.6 Å². The number of aryl methyl sites for hydroxylation is 1. The van der Waals surface area contributed by atoms with Gasteiger partial charge in [0.1, 0.15) is 17.4 Å². The number of ether oxygens (including phenoxy) is 1. The molecule has 10 heteroatoms. The quantitative estimate of drug-likeness (QED) is 0.652. The van der Waals surface area contributed by atoms with Crippen LogP contribution in [0.5, 0.6) is 0 Å². The summed E-state index contributed by atoms with van der Waals surface area (Å²) in [4.78, 5) is 16.0. The Morgan fingerprint density at radius 1 is 1.32 bits per heavy atom. The van der Waals surface area contributed by atoms with Crippen molar-refractivity contribution in [1.82, 2.24) is 15.1 Å². The summed E-state index contributed by atoms with van der Waals surface area (Å²) in [6.07, 6.45) is 3.44. The zero-order valence-electron chi connectivity index (χ0n) is 19.1. The minimum absolute atomic E-state index is 0.183. The van der Waals surface area contributed by atoms with Crippen molar-refractivity contribution in [1.29, 1.82) is 5.26 Å². The van der Waals surface area contributed by atoms with E-state index in [0.29, 0.717) is 48.9 Å². The van der Waals surface area contributed by atoms with Crippen molar-refractivity contribution in [2.24, 2.45) is 0 Å². The first-order valence-electron chi connectivity index (χ1n) is 11.7. The Labute approximate surface area is 206 Å². The first kappa shape index (κ1) is 23.3. The van der Waals surface area contributed by atoms with Gasteiger partial charge in [0.05, 0.1) is 43.8 Å². The summed E-state index contributed by atoms with van der Waals surface area (Å²) in [5, 5.41) is 17.4. The smallest absolute Gasteiger partial charge is 0.244 e. The summed E-state index contributed by atoms with van der Waals surface area (Å²) in [6.45, 7) is 3.73. The summed E-state index contributed by atoms with van der Waals surface area (Å²) >= 11 is 6.35. The second-order valence-electron chi connectivity index (χ2n) is 9.37. The van der Waals surface area contributed by atoms with Crippen molar-refractivity contribution < 1.29 is 13.7 Å². The van der Waals surface area contributed by atoms with Crippen LogP contribution in [0.3, 0.4) is 0 Å². The zero-order valence-corrected chi connectivity index (χ0v) is 20.6. The number of halogens is 1. The third-order valence-corrected chi connectivity index (χ3v) is 9.10. The Bertz CT molecular complexity index is 1150. The zero-order chi connectivity index (χ0) is 23.9. The van der Waals surface area contributed by atoms with Crippen LogP contribution in [0, 0.1) is 18.3 Å². The monoisotopic (exact) mass is 501 g/mol. The molecule has 3 unspecified atom stereocenters. The average molecular weight is 502 g/mol. The van der Waals surface area contributed by atoms with Crippen LogP contribution in [0.4, 0.5) is 5.82 Å². The first-order valence-corrected chi connectivity index (χ1v) is 13.3. The van der Waals surface area contributed by atoms with Crippen molar-refractivity contribution in [3.8, 4) is 6.07 Å². The fourth-order valence-corrected chi connectivity index (χ4v) is 6.72. The number of hydrogen-bond acceptors (Lipinski definition) is 6. The Morgan fingerprint density at radius 2 is 2.06 bits per heavy atom. The van der Waals surface area contributed by atoms with Crippen molar-refractivity contribution in [3.05, 3.63) is 41.0 Å². The highest BCUT2D eigenvalue weighted by Crippen LogP contribution is 2.38. The Hall–Kier alpha value is -2.41. The molecular formula is C24H28ClN5O3S. The summed E-state index contributed by atoms with van der Waals surface area (Å²) in [5.41, 5.74) is 0.103. The van der Waals surface area contributed by atoms with Crippen LogP contribution in [0.15, 0.2) is 35.2 Å². The van der Waals surface area contributed by atoms with Gasteiger partial charge in [-0.25, -0.2) is 4.68 Å². The average Bonchev–Trinajstić information content (AvgIpc) is 3.29. The number of hydrogen-bond donors (Lipinski definition) is 1. The largest absolute Gasteiger partial charge is 0.381 e. The van der Waals surface area contributed by atoms with Gasteiger partial charge >= 0.3 is 0 Å². The molecule has 0 radical (unpaired) electrons. The van der Waals surface area contributed by atoms with E-state index in [4.69, 9.17) is 21.4 Å². The van der Waals surface area contributed by atoms with Crippen LogP contribution in [0.2, 0.25) is 5.02 Å². The standard InChI is InChI=1S/C24H28ClN5O3S/c1-16-12-22(30(28-16)17-6-10-33-11-7-17)29-14-18(34(32)21-5-3-2-4-19(21)25)13-20(29)23(31)27-24(15-26)8-9-24/h2-5,12,17-18,20H,6-11,13-14H2,1H3,(H,27,31). The molecule has 3 aliphatic rings. The summed E-state index contributed by atoms with van der Waals surface area (Å²) in [6, 6.07) is 11.0. The number of nitrogens with zero attached hydrogens (tertiary/aromatic N) is 4. The number of anilines is 1. The van der Waals surface area contributed by atoms with E-state index in [9.17, 15) is 14.3 Å². The molecule has 2 aliphatic heterocycles. The minimum Gasteiger partial charge on any atom is -0.381 e. The Kier molecular flexibility index (Phi) is 6.40. The van der Waals surface area contributed by atoms with Crippen molar-refractivity contribution in [3.63, 3.8) is 0 Å².